The summed E-state index contributed by atoms with van der Waals surface area (Å²) in [6.45, 7) is 13.6. The molecular weight excluding hydrogens is 865 g/mol. The van der Waals surface area contributed by atoms with Gasteiger partial charge in [0.25, 0.3) is 0 Å². The molecule has 0 aliphatic rings. The van der Waals surface area contributed by atoms with E-state index < -0.39 is 0 Å². The first-order chi connectivity index (χ1) is 34.5. The molecule has 0 aliphatic carbocycles. The lowest BCUT2D eigenvalue weighted by Gasteiger charge is -2.34. The molecule has 0 atom stereocenters. The number of anilines is 6. The maximum absolute atomic E-state index is 5.60. The standard InChI is InChI=1S/C65H56N6/c1-64(2,3)48-37-38-56-53(43-48)61-57(39-40-60(68-61)65(4,5)6)71(56)62-58(69(49-29-17-9-18-30-49)50-31-19-10-20-32-50)41-47(42-59(62)70(51-33-21-11-22-34-51)52-35-23-12-24-36-52)55-44-54(45-25-13-7-14-26-45)66-63(67-55)46-27-15-8-16-28-46/h7-44H,1-6H3. The smallest absolute Gasteiger partial charge is 0.160 e. The minimum Gasteiger partial charge on any atom is -0.308 e. The van der Waals surface area contributed by atoms with Crippen LogP contribution in [0.2, 0.25) is 0 Å². The fourth-order valence-electron chi connectivity index (χ4n) is 9.56. The van der Waals surface area contributed by atoms with Gasteiger partial charge in [0.15, 0.2) is 5.82 Å². The Morgan fingerprint density at radius 3 is 1.24 bits per heavy atom. The number of rotatable bonds is 10. The third kappa shape index (κ3) is 8.74. The molecule has 3 heterocycles. The summed E-state index contributed by atoms with van der Waals surface area (Å²) >= 11 is 0. The number of hydrogen-bond acceptors (Lipinski definition) is 5. The van der Waals surface area contributed by atoms with Crippen LogP contribution in [0.25, 0.3) is 61.5 Å². The maximum Gasteiger partial charge on any atom is 0.160 e. The van der Waals surface area contributed by atoms with Crippen LogP contribution >= 0.6 is 0 Å². The Bertz CT molecular complexity index is 3320. The normalized spacial score (nSPS) is 11.8. The van der Waals surface area contributed by atoms with E-state index in [9.17, 15) is 0 Å². The van der Waals surface area contributed by atoms with Crippen molar-refractivity contribution >= 4 is 56.1 Å². The van der Waals surface area contributed by atoms with Crippen LogP contribution in [-0.2, 0) is 10.8 Å². The molecule has 11 rings (SSSR count). The molecule has 3 aromatic heterocycles. The number of fused-ring (bicyclic) bond motifs is 3. The molecule has 0 N–H and O–H groups in total. The van der Waals surface area contributed by atoms with Crippen molar-refractivity contribution in [1.82, 2.24) is 19.5 Å². The Labute approximate surface area is 417 Å². The molecule has 71 heavy (non-hydrogen) atoms. The van der Waals surface area contributed by atoms with Crippen LogP contribution in [0.15, 0.2) is 231 Å². The second kappa shape index (κ2) is 18.4. The summed E-state index contributed by atoms with van der Waals surface area (Å²) in [6, 6.07) is 81.8. The highest BCUT2D eigenvalue weighted by molar-refractivity contribution is 6.10. The summed E-state index contributed by atoms with van der Waals surface area (Å²) < 4.78 is 2.47. The van der Waals surface area contributed by atoms with Crippen molar-refractivity contribution < 1.29 is 0 Å². The van der Waals surface area contributed by atoms with E-state index in [0.29, 0.717) is 5.82 Å². The SMILES string of the molecule is CC(C)(C)c1ccc2c(c1)c1nc(C(C)(C)C)ccc1n2-c1c(N(c2ccccc2)c2ccccc2)cc(-c2cc(-c3ccccc3)nc(-c3ccccc3)n2)cc1N(c1ccccc1)c1ccccc1. The first kappa shape index (κ1) is 44.9. The summed E-state index contributed by atoms with van der Waals surface area (Å²) in [4.78, 5) is 21.1. The quantitative estimate of drug-likeness (QED) is 0.137. The number of hydrogen-bond donors (Lipinski definition) is 0. The molecule has 6 nitrogen and oxygen atoms in total. The van der Waals surface area contributed by atoms with Crippen molar-refractivity contribution in [3.8, 4) is 39.6 Å². The summed E-state index contributed by atoms with van der Waals surface area (Å²) in [6.07, 6.45) is 0. The predicted molar refractivity (Wildman–Crippen MR) is 297 cm³/mol. The van der Waals surface area contributed by atoms with Gasteiger partial charge in [-0.1, -0.05) is 181 Å². The van der Waals surface area contributed by atoms with E-state index in [0.717, 1.165) is 95.5 Å². The number of para-hydroxylation sites is 4. The van der Waals surface area contributed by atoms with Crippen molar-refractivity contribution in [2.75, 3.05) is 9.80 Å². The zero-order valence-corrected chi connectivity index (χ0v) is 41.1. The van der Waals surface area contributed by atoms with Gasteiger partial charge in [-0.15, -0.1) is 0 Å². The Balaban J connectivity index is 1.35. The molecule has 0 radical (unpaired) electrons. The van der Waals surface area contributed by atoms with Gasteiger partial charge in [0, 0.05) is 55.9 Å². The highest BCUT2D eigenvalue weighted by Gasteiger charge is 2.30. The largest absolute Gasteiger partial charge is 0.308 e. The van der Waals surface area contributed by atoms with Crippen LogP contribution < -0.4 is 9.80 Å². The van der Waals surface area contributed by atoms with E-state index in [4.69, 9.17) is 15.0 Å². The summed E-state index contributed by atoms with van der Waals surface area (Å²) in [5, 5.41) is 1.10. The molecule has 0 spiro atoms. The highest BCUT2D eigenvalue weighted by atomic mass is 15.2. The van der Waals surface area contributed by atoms with Crippen molar-refractivity contribution in [3.05, 3.63) is 242 Å². The van der Waals surface area contributed by atoms with E-state index in [1.165, 1.54) is 5.56 Å². The third-order valence-corrected chi connectivity index (χ3v) is 13.2. The molecule has 0 saturated heterocycles. The fraction of sp³-hybridized carbons (Fsp3) is 0.123. The molecule has 8 aromatic carbocycles. The van der Waals surface area contributed by atoms with Gasteiger partial charge in [0.05, 0.1) is 45.0 Å². The van der Waals surface area contributed by atoms with Gasteiger partial charge in [0.2, 0.25) is 0 Å². The highest BCUT2D eigenvalue weighted by Crippen LogP contribution is 2.51. The van der Waals surface area contributed by atoms with E-state index in [2.05, 4.69) is 262 Å². The lowest BCUT2D eigenvalue weighted by molar-refractivity contribution is 0.571. The molecule has 6 heteroatoms. The molecule has 0 fully saturated rings. The lowest BCUT2D eigenvalue weighted by atomic mass is 9.86. The van der Waals surface area contributed by atoms with Crippen LogP contribution in [0.5, 0.6) is 0 Å². The number of aromatic nitrogens is 4. The van der Waals surface area contributed by atoms with Crippen molar-refractivity contribution in [3.63, 3.8) is 0 Å². The van der Waals surface area contributed by atoms with Gasteiger partial charge in [-0.3, -0.25) is 0 Å². The second-order valence-corrected chi connectivity index (χ2v) is 20.2. The molecule has 0 aliphatic heterocycles. The maximum atomic E-state index is 5.60. The van der Waals surface area contributed by atoms with Crippen LogP contribution in [-0.4, -0.2) is 19.5 Å². The summed E-state index contributed by atoms with van der Waals surface area (Å²) in [7, 11) is 0. The third-order valence-electron chi connectivity index (χ3n) is 13.2. The molecule has 346 valence electrons. The minimum atomic E-state index is -0.175. The topological polar surface area (TPSA) is 50.1 Å². The Morgan fingerprint density at radius 2 is 0.789 bits per heavy atom. The van der Waals surface area contributed by atoms with Gasteiger partial charge in [-0.2, -0.15) is 0 Å². The molecule has 0 bridgehead atoms. The Hall–Kier alpha value is -8.61. The number of nitrogens with zero attached hydrogens (tertiary/aromatic N) is 6. The van der Waals surface area contributed by atoms with E-state index >= 15 is 0 Å². The van der Waals surface area contributed by atoms with Crippen molar-refractivity contribution in [2.45, 2.75) is 52.4 Å². The fourth-order valence-corrected chi connectivity index (χ4v) is 9.56. The second-order valence-electron chi connectivity index (χ2n) is 20.2. The number of benzene rings is 8. The zero-order valence-electron chi connectivity index (χ0n) is 41.1. The molecular formula is C65H56N6. The van der Waals surface area contributed by atoms with E-state index in [1.54, 1.807) is 0 Å². The van der Waals surface area contributed by atoms with Crippen molar-refractivity contribution in [1.29, 1.82) is 0 Å². The predicted octanol–water partition coefficient (Wildman–Crippen LogP) is 17.5. The van der Waals surface area contributed by atoms with Gasteiger partial charge in [-0.25, -0.2) is 15.0 Å². The molecule has 0 saturated carbocycles. The average Bonchev–Trinajstić information content (AvgIpc) is 3.72. The molecule has 11 aromatic rings. The van der Waals surface area contributed by atoms with E-state index in [-0.39, 0.29) is 10.8 Å². The monoisotopic (exact) mass is 920 g/mol. The lowest BCUT2D eigenvalue weighted by Crippen LogP contribution is -2.18. The Kier molecular flexibility index (Phi) is 11.6. The number of pyridine rings is 1. The first-order valence-electron chi connectivity index (χ1n) is 24.4. The van der Waals surface area contributed by atoms with Gasteiger partial charge in [0.1, 0.15) is 0 Å². The van der Waals surface area contributed by atoms with Gasteiger partial charge in [-0.05, 0) is 102 Å². The summed E-state index contributed by atoms with van der Waals surface area (Å²) in [5.41, 5.74) is 16.5. The first-order valence-corrected chi connectivity index (χ1v) is 24.4. The minimum absolute atomic E-state index is 0.0915. The molecule has 0 unspecified atom stereocenters. The van der Waals surface area contributed by atoms with Crippen LogP contribution in [0.4, 0.5) is 34.1 Å². The van der Waals surface area contributed by atoms with Crippen LogP contribution in [0.1, 0.15) is 52.8 Å². The van der Waals surface area contributed by atoms with Crippen molar-refractivity contribution in [2.24, 2.45) is 0 Å². The average molecular weight is 921 g/mol. The van der Waals surface area contributed by atoms with Gasteiger partial charge >= 0.3 is 0 Å². The van der Waals surface area contributed by atoms with E-state index in [1.807, 2.05) is 24.3 Å². The molecule has 0 amide bonds. The zero-order chi connectivity index (χ0) is 48.7. The Morgan fingerprint density at radius 1 is 0.366 bits per heavy atom. The van der Waals surface area contributed by atoms with Crippen LogP contribution in [0, 0.1) is 0 Å². The van der Waals surface area contributed by atoms with Gasteiger partial charge < -0.3 is 14.4 Å². The summed E-state index contributed by atoms with van der Waals surface area (Å²) in [5.74, 6) is 0.651. The van der Waals surface area contributed by atoms with Crippen LogP contribution in [0.3, 0.4) is 0 Å².